The normalized spacial score (nSPS) is 12.7. The van der Waals surface area contributed by atoms with Gasteiger partial charge in [0.25, 0.3) is 0 Å². The lowest BCUT2D eigenvalue weighted by Gasteiger charge is -2.12. The molecule has 0 radical (unpaired) electrons. The Labute approximate surface area is 129 Å². The molecule has 0 aliphatic rings. The topological polar surface area (TPSA) is 43.8 Å². The third kappa shape index (κ3) is 2.62. The molecule has 0 spiro atoms. The third-order valence-corrected chi connectivity index (χ3v) is 3.94. The van der Waals surface area contributed by atoms with Gasteiger partial charge in [-0.2, -0.15) is 0 Å². The number of halogens is 1. The van der Waals surface area contributed by atoms with Crippen molar-refractivity contribution in [2.75, 3.05) is 0 Å². The number of aromatic nitrogens is 2. The van der Waals surface area contributed by atoms with E-state index in [0.29, 0.717) is 12.1 Å². The highest BCUT2D eigenvalue weighted by Gasteiger charge is 2.15. The standard InChI is InChI=1S/C18H20FN3/c1-3-13-8-9-17-16(10-13)21-18(12(2)20)22(17)11-14-6-4-5-7-15(14)19/h4-10,12H,3,11,20H2,1-2H3. The second-order valence-corrected chi connectivity index (χ2v) is 5.61. The summed E-state index contributed by atoms with van der Waals surface area (Å²) in [6.07, 6.45) is 0.962. The Morgan fingerprint density at radius 1 is 1.23 bits per heavy atom. The van der Waals surface area contributed by atoms with Crippen LogP contribution in [0.2, 0.25) is 0 Å². The van der Waals surface area contributed by atoms with Crippen molar-refractivity contribution in [3.8, 4) is 0 Å². The van der Waals surface area contributed by atoms with E-state index in [4.69, 9.17) is 5.73 Å². The highest BCUT2D eigenvalue weighted by atomic mass is 19.1. The Hall–Kier alpha value is -2.20. The molecule has 1 aromatic heterocycles. The average Bonchev–Trinajstić information content (AvgIpc) is 2.87. The van der Waals surface area contributed by atoms with Crippen molar-refractivity contribution >= 4 is 11.0 Å². The van der Waals surface area contributed by atoms with Crippen molar-refractivity contribution in [3.63, 3.8) is 0 Å². The molecule has 0 bridgehead atoms. The Morgan fingerprint density at radius 3 is 2.68 bits per heavy atom. The maximum Gasteiger partial charge on any atom is 0.128 e. The zero-order valence-corrected chi connectivity index (χ0v) is 12.9. The van der Waals surface area contributed by atoms with E-state index in [-0.39, 0.29) is 11.9 Å². The molecule has 1 atom stereocenters. The number of benzene rings is 2. The van der Waals surface area contributed by atoms with Gasteiger partial charge in [-0.15, -0.1) is 0 Å². The predicted octanol–water partition coefficient (Wildman–Crippen LogP) is 3.81. The van der Waals surface area contributed by atoms with Gasteiger partial charge >= 0.3 is 0 Å². The first kappa shape index (κ1) is 14.7. The van der Waals surface area contributed by atoms with Crippen molar-refractivity contribution in [1.29, 1.82) is 0 Å². The van der Waals surface area contributed by atoms with Crippen molar-refractivity contribution in [2.24, 2.45) is 5.73 Å². The minimum atomic E-state index is -0.204. The molecule has 0 saturated heterocycles. The summed E-state index contributed by atoms with van der Waals surface area (Å²) in [5, 5.41) is 0. The first-order valence-corrected chi connectivity index (χ1v) is 7.58. The minimum absolute atomic E-state index is 0.204. The van der Waals surface area contributed by atoms with Crippen LogP contribution in [0.25, 0.3) is 11.0 Å². The van der Waals surface area contributed by atoms with Crippen LogP contribution in [0.15, 0.2) is 42.5 Å². The highest BCUT2D eigenvalue weighted by molar-refractivity contribution is 5.77. The third-order valence-electron chi connectivity index (χ3n) is 3.94. The van der Waals surface area contributed by atoms with E-state index in [9.17, 15) is 4.39 Å². The molecule has 0 saturated carbocycles. The molecule has 1 heterocycles. The van der Waals surface area contributed by atoms with E-state index in [2.05, 4.69) is 24.0 Å². The second-order valence-electron chi connectivity index (χ2n) is 5.61. The van der Waals surface area contributed by atoms with Gasteiger partial charge in [0.2, 0.25) is 0 Å². The smallest absolute Gasteiger partial charge is 0.128 e. The summed E-state index contributed by atoms with van der Waals surface area (Å²) in [4.78, 5) is 4.66. The fourth-order valence-electron chi connectivity index (χ4n) is 2.72. The minimum Gasteiger partial charge on any atom is -0.322 e. The molecule has 22 heavy (non-hydrogen) atoms. The van der Waals surface area contributed by atoms with Gasteiger partial charge in [-0.1, -0.05) is 31.2 Å². The van der Waals surface area contributed by atoms with E-state index in [1.54, 1.807) is 12.1 Å². The van der Waals surface area contributed by atoms with E-state index < -0.39 is 0 Å². The van der Waals surface area contributed by atoms with Gasteiger partial charge in [-0.3, -0.25) is 0 Å². The second kappa shape index (κ2) is 5.89. The summed E-state index contributed by atoms with van der Waals surface area (Å²) in [6.45, 7) is 4.45. The summed E-state index contributed by atoms with van der Waals surface area (Å²) in [5.74, 6) is 0.580. The van der Waals surface area contributed by atoms with Crippen LogP contribution in [-0.4, -0.2) is 9.55 Å². The summed E-state index contributed by atoms with van der Waals surface area (Å²) < 4.78 is 16.0. The lowest BCUT2D eigenvalue weighted by molar-refractivity contribution is 0.590. The van der Waals surface area contributed by atoms with Crippen LogP contribution in [0.5, 0.6) is 0 Å². The molecule has 0 amide bonds. The summed E-state index contributed by atoms with van der Waals surface area (Å²) in [7, 11) is 0. The van der Waals surface area contributed by atoms with Crippen molar-refractivity contribution in [2.45, 2.75) is 32.9 Å². The number of imidazole rings is 1. The van der Waals surface area contributed by atoms with Crippen LogP contribution < -0.4 is 5.73 Å². The summed E-state index contributed by atoms with van der Waals surface area (Å²) in [5.41, 5.74) is 9.85. The fourth-order valence-corrected chi connectivity index (χ4v) is 2.72. The van der Waals surface area contributed by atoms with Crippen LogP contribution in [0.1, 0.15) is 36.8 Å². The Morgan fingerprint density at radius 2 is 2.00 bits per heavy atom. The lowest BCUT2D eigenvalue weighted by atomic mass is 10.1. The number of aryl methyl sites for hydroxylation is 1. The van der Waals surface area contributed by atoms with E-state index in [1.807, 2.05) is 23.6 Å². The number of hydrogen-bond donors (Lipinski definition) is 1. The number of fused-ring (bicyclic) bond motifs is 1. The van der Waals surface area contributed by atoms with Crippen molar-refractivity contribution in [1.82, 2.24) is 9.55 Å². The fraction of sp³-hybridized carbons (Fsp3) is 0.278. The molecule has 0 aliphatic carbocycles. The molecular weight excluding hydrogens is 277 g/mol. The number of hydrogen-bond acceptors (Lipinski definition) is 2. The van der Waals surface area contributed by atoms with Gasteiger partial charge in [0.1, 0.15) is 11.6 Å². The quantitative estimate of drug-likeness (QED) is 0.796. The van der Waals surface area contributed by atoms with Gasteiger partial charge in [-0.25, -0.2) is 9.37 Å². The van der Waals surface area contributed by atoms with Crippen molar-refractivity contribution < 1.29 is 4.39 Å². The van der Waals surface area contributed by atoms with Crippen LogP contribution in [0, 0.1) is 5.82 Å². The molecule has 4 heteroatoms. The predicted molar refractivity (Wildman–Crippen MR) is 87.2 cm³/mol. The maximum atomic E-state index is 14.0. The Bertz CT molecular complexity index is 805. The average molecular weight is 297 g/mol. The Kier molecular flexibility index (Phi) is 3.94. The van der Waals surface area contributed by atoms with E-state index in [0.717, 1.165) is 23.3 Å². The largest absolute Gasteiger partial charge is 0.322 e. The zero-order chi connectivity index (χ0) is 15.7. The lowest BCUT2D eigenvalue weighted by Crippen LogP contribution is -2.14. The number of nitrogens with two attached hydrogens (primary N) is 1. The Balaban J connectivity index is 2.14. The van der Waals surface area contributed by atoms with E-state index in [1.165, 1.54) is 11.6 Å². The molecule has 0 fully saturated rings. The molecule has 3 nitrogen and oxygen atoms in total. The van der Waals surface area contributed by atoms with Gasteiger partial charge in [0.05, 0.1) is 23.6 Å². The van der Waals surface area contributed by atoms with Gasteiger partial charge in [-0.05, 0) is 37.1 Å². The van der Waals surface area contributed by atoms with Crippen LogP contribution >= 0.6 is 0 Å². The monoisotopic (exact) mass is 297 g/mol. The highest BCUT2D eigenvalue weighted by Crippen LogP contribution is 2.23. The molecule has 1 unspecified atom stereocenters. The van der Waals surface area contributed by atoms with Crippen LogP contribution in [0.3, 0.4) is 0 Å². The summed E-state index contributed by atoms with van der Waals surface area (Å²) in [6, 6.07) is 12.8. The number of nitrogens with zero attached hydrogens (tertiary/aromatic N) is 2. The van der Waals surface area contributed by atoms with Crippen molar-refractivity contribution in [3.05, 3.63) is 65.2 Å². The molecule has 3 aromatic rings. The van der Waals surface area contributed by atoms with Crippen LogP contribution in [0.4, 0.5) is 4.39 Å². The van der Waals surface area contributed by atoms with Gasteiger partial charge in [0.15, 0.2) is 0 Å². The maximum absolute atomic E-state index is 14.0. The van der Waals surface area contributed by atoms with Gasteiger partial charge < -0.3 is 10.3 Å². The molecule has 2 aromatic carbocycles. The van der Waals surface area contributed by atoms with Gasteiger partial charge in [0, 0.05) is 5.56 Å². The molecule has 114 valence electrons. The molecule has 0 aliphatic heterocycles. The SMILES string of the molecule is CCc1ccc2c(c1)nc(C(C)N)n2Cc1ccccc1F. The van der Waals surface area contributed by atoms with E-state index >= 15 is 0 Å². The first-order chi connectivity index (χ1) is 10.6. The molecular formula is C18H20FN3. The van der Waals surface area contributed by atoms with Crippen LogP contribution in [-0.2, 0) is 13.0 Å². The molecule has 2 N–H and O–H groups in total. The zero-order valence-electron chi connectivity index (χ0n) is 12.9. The first-order valence-electron chi connectivity index (χ1n) is 7.58. The summed E-state index contributed by atoms with van der Waals surface area (Å²) >= 11 is 0. The molecule has 3 rings (SSSR count). The number of rotatable bonds is 4.